The van der Waals surface area contributed by atoms with Crippen molar-refractivity contribution in [3.05, 3.63) is 0 Å². The molecule has 0 radical (unpaired) electrons. The van der Waals surface area contributed by atoms with E-state index in [1.165, 1.54) is 0 Å². The van der Waals surface area contributed by atoms with Crippen molar-refractivity contribution >= 4 is 0 Å². The maximum Gasteiger partial charge on any atom is 0.113 e. The van der Waals surface area contributed by atoms with Gasteiger partial charge in [0.15, 0.2) is 0 Å². The fraction of sp³-hybridized carbons (Fsp3) is 0.889. The van der Waals surface area contributed by atoms with Gasteiger partial charge in [0.25, 0.3) is 0 Å². The molecule has 68 valence electrons. The van der Waals surface area contributed by atoms with E-state index in [2.05, 4.69) is 6.07 Å². The van der Waals surface area contributed by atoms with Gasteiger partial charge >= 0.3 is 0 Å². The van der Waals surface area contributed by atoms with Crippen molar-refractivity contribution in [2.45, 2.75) is 38.9 Å². The molecule has 0 aromatic carbocycles. The molecule has 1 saturated heterocycles. The van der Waals surface area contributed by atoms with E-state index in [0.717, 1.165) is 0 Å². The first-order chi connectivity index (χ1) is 5.46. The van der Waals surface area contributed by atoms with Crippen LogP contribution < -0.4 is 0 Å². The third kappa shape index (κ3) is 1.03. The summed E-state index contributed by atoms with van der Waals surface area (Å²) in [6.07, 6.45) is -0.0197. The lowest BCUT2D eigenvalue weighted by Gasteiger charge is -2.35. The van der Waals surface area contributed by atoms with Gasteiger partial charge in [-0.2, -0.15) is 5.26 Å². The highest BCUT2D eigenvalue weighted by molar-refractivity contribution is 5.14. The Labute approximate surface area is 73.0 Å². The predicted octanol–water partition coefficient (Wildman–Crippen LogP) is 1.08. The molecule has 2 unspecified atom stereocenters. The van der Waals surface area contributed by atoms with Crippen LogP contribution in [0.15, 0.2) is 0 Å². The fourth-order valence-electron chi connectivity index (χ4n) is 1.89. The van der Waals surface area contributed by atoms with Crippen LogP contribution in [0.3, 0.4) is 0 Å². The molecular weight excluding hydrogens is 154 g/mol. The highest BCUT2D eigenvalue weighted by Crippen LogP contribution is 2.45. The van der Waals surface area contributed by atoms with E-state index in [-0.39, 0.29) is 0 Å². The zero-order valence-corrected chi connectivity index (χ0v) is 7.79. The average Bonchev–Trinajstić information content (AvgIpc) is 2.25. The second kappa shape index (κ2) is 2.72. The molecule has 0 saturated carbocycles. The van der Waals surface area contributed by atoms with E-state index in [1.807, 2.05) is 13.8 Å². The van der Waals surface area contributed by atoms with E-state index in [0.29, 0.717) is 13.0 Å². The fourth-order valence-corrected chi connectivity index (χ4v) is 1.89. The molecule has 12 heavy (non-hydrogen) atoms. The Morgan fingerprint density at radius 3 is 2.33 bits per heavy atom. The van der Waals surface area contributed by atoms with Crippen molar-refractivity contribution < 1.29 is 9.84 Å². The van der Waals surface area contributed by atoms with Gasteiger partial charge in [-0.1, -0.05) is 0 Å². The minimum atomic E-state index is -0.729. The lowest BCUT2D eigenvalue weighted by atomic mass is 9.71. The Bertz CT molecular complexity index is 217. The van der Waals surface area contributed by atoms with Gasteiger partial charge in [-0.3, -0.25) is 0 Å². The second-order valence-corrected chi connectivity index (χ2v) is 3.87. The van der Waals surface area contributed by atoms with E-state index >= 15 is 0 Å². The third-order valence-electron chi connectivity index (χ3n) is 2.95. The summed E-state index contributed by atoms with van der Waals surface area (Å²) in [4.78, 5) is 0. The number of aliphatic hydroxyl groups is 1. The molecule has 0 aliphatic carbocycles. The van der Waals surface area contributed by atoms with Gasteiger partial charge in [-0.15, -0.1) is 0 Å². The van der Waals surface area contributed by atoms with Gasteiger partial charge in [0.2, 0.25) is 0 Å². The van der Waals surface area contributed by atoms with Gasteiger partial charge in [0.05, 0.1) is 17.8 Å². The average molecular weight is 169 g/mol. The van der Waals surface area contributed by atoms with Crippen molar-refractivity contribution in [2.24, 2.45) is 5.41 Å². The van der Waals surface area contributed by atoms with Crippen LogP contribution in [0.25, 0.3) is 0 Å². The first-order valence-electron chi connectivity index (χ1n) is 4.19. The van der Waals surface area contributed by atoms with Gasteiger partial charge in [-0.05, 0) is 27.2 Å². The molecule has 0 aromatic rings. The van der Waals surface area contributed by atoms with Gasteiger partial charge in [-0.25, -0.2) is 0 Å². The van der Waals surface area contributed by atoms with E-state index < -0.39 is 17.1 Å². The number of aliphatic hydroxyl groups excluding tert-OH is 1. The molecule has 3 nitrogen and oxygen atoms in total. The van der Waals surface area contributed by atoms with Crippen LogP contribution in [0.2, 0.25) is 0 Å². The molecule has 3 heteroatoms. The highest BCUT2D eigenvalue weighted by atomic mass is 16.5. The predicted molar refractivity (Wildman–Crippen MR) is 44.4 cm³/mol. The van der Waals surface area contributed by atoms with Gasteiger partial charge in [0.1, 0.15) is 5.41 Å². The second-order valence-electron chi connectivity index (χ2n) is 3.87. The van der Waals surface area contributed by atoms with Crippen LogP contribution in [-0.4, -0.2) is 23.4 Å². The Hall–Kier alpha value is -0.590. The van der Waals surface area contributed by atoms with Crippen molar-refractivity contribution in [3.63, 3.8) is 0 Å². The summed E-state index contributed by atoms with van der Waals surface area (Å²) in [7, 11) is 0. The summed E-state index contributed by atoms with van der Waals surface area (Å²) in [5, 5.41) is 18.6. The maximum atomic E-state index is 9.54. The van der Waals surface area contributed by atoms with Crippen LogP contribution in [0.1, 0.15) is 27.2 Å². The Morgan fingerprint density at radius 1 is 1.58 bits per heavy atom. The lowest BCUT2D eigenvalue weighted by molar-refractivity contribution is -0.0574. The largest absolute Gasteiger partial charge is 0.392 e. The van der Waals surface area contributed by atoms with E-state index in [9.17, 15) is 5.11 Å². The number of rotatable bonds is 1. The van der Waals surface area contributed by atoms with Crippen molar-refractivity contribution in [1.82, 2.24) is 0 Å². The zero-order valence-electron chi connectivity index (χ0n) is 7.79. The molecule has 0 amide bonds. The molecule has 2 atom stereocenters. The molecule has 1 aliphatic rings. The van der Waals surface area contributed by atoms with Crippen molar-refractivity contribution in [3.8, 4) is 6.07 Å². The summed E-state index contributed by atoms with van der Waals surface area (Å²) in [5.74, 6) is 0. The first-order valence-corrected chi connectivity index (χ1v) is 4.19. The van der Waals surface area contributed by atoms with Gasteiger partial charge in [0, 0.05) is 6.61 Å². The molecule has 0 spiro atoms. The zero-order chi connectivity index (χ0) is 9.41. The first kappa shape index (κ1) is 9.50. The number of hydrogen-bond acceptors (Lipinski definition) is 3. The van der Waals surface area contributed by atoms with Crippen LogP contribution in [-0.2, 0) is 4.74 Å². The van der Waals surface area contributed by atoms with Gasteiger partial charge < -0.3 is 9.84 Å². The summed E-state index contributed by atoms with van der Waals surface area (Å²) in [6.45, 7) is 5.93. The van der Waals surface area contributed by atoms with E-state index in [1.54, 1.807) is 6.92 Å². The van der Waals surface area contributed by atoms with Crippen LogP contribution in [0, 0.1) is 16.7 Å². The maximum absolute atomic E-state index is 9.54. The molecule has 1 fully saturated rings. The van der Waals surface area contributed by atoms with E-state index in [4.69, 9.17) is 10.00 Å². The van der Waals surface area contributed by atoms with Crippen molar-refractivity contribution in [1.29, 1.82) is 5.26 Å². The van der Waals surface area contributed by atoms with Crippen LogP contribution >= 0.6 is 0 Å². The molecular formula is C9H15NO2. The molecule has 1 rings (SSSR count). The summed E-state index contributed by atoms with van der Waals surface area (Å²) >= 11 is 0. The molecule has 1 aliphatic heterocycles. The quantitative estimate of drug-likeness (QED) is 0.639. The third-order valence-corrected chi connectivity index (χ3v) is 2.95. The number of nitriles is 1. The smallest absolute Gasteiger partial charge is 0.113 e. The van der Waals surface area contributed by atoms with Crippen LogP contribution in [0.4, 0.5) is 0 Å². The Balaban J connectivity index is 3.02. The molecule has 1 N–H and O–H groups in total. The Morgan fingerprint density at radius 2 is 2.17 bits per heavy atom. The van der Waals surface area contributed by atoms with Crippen molar-refractivity contribution in [2.75, 3.05) is 6.61 Å². The van der Waals surface area contributed by atoms with Crippen LogP contribution in [0.5, 0.6) is 0 Å². The topological polar surface area (TPSA) is 53.2 Å². The number of hydrogen-bond donors (Lipinski definition) is 1. The monoisotopic (exact) mass is 169 g/mol. The standard InChI is InChI=1S/C9H15NO2/c1-7(11)9(6-10)4-5-12-8(9,2)3/h7,11H,4-5H2,1-3H3. The number of nitrogens with zero attached hydrogens (tertiary/aromatic N) is 1. The summed E-state index contributed by atoms with van der Waals surface area (Å²) in [5.41, 5.74) is -1.26. The number of ether oxygens (including phenoxy) is 1. The normalized spacial score (nSPS) is 35.9. The highest BCUT2D eigenvalue weighted by Gasteiger charge is 2.54. The lowest BCUT2D eigenvalue weighted by Crippen LogP contribution is -2.46. The Kier molecular flexibility index (Phi) is 2.15. The summed E-state index contributed by atoms with van der Waals surface area (Å²) in [6, 6.07) is 2.19. The minimum Gasteiger partial charge on any atom is -0.392 e. The molecule has 0 bridgehead atoms. The molecule has 1 heterocycles. The minimum absolute atomic E-state index is 0.532. The SMILES string of the molecule is CC(O)C1(C#N)CCOC1(C)C. The molecule has 0 aromatic heterocycles. The summed E-state index contributed by atoms with van der Waals surface area (Å²) < 4.78 is 5.43.